The molecule has 0 aliphatic carbocycles. The molecule has 0 saturated carbocycles. The first-order chi connectivity index (χ1) is 63.2. The molecule has 712 valence electrons. The van der Waals surface area contributed by atoms with E-state index in [0.717, 1.165) is 26.5 Å². The van der Waals surface area contributed by atoms with Gasteiger partial charge in [0, 0.05) is 124 Å². The number of para-hydroxylation sites is 2. The number of nitrogens with one attached hydrogen (secondary N) is 12. The number of aromatic nitrogens is 4. The van der Waals surface area contributed by atoms with Crippen molar-refractivity contribution in [2.24, 2.45) is 17.4 Å². The first-order valence-corrected chi connectivity index (χ1v) is 45.8. The fraction of sp³-hybridized carbons (Fsp3) is 0.522. The minimum absolute atomic E-state index is 0.0000992. The number of carboxylic acids is 2. The van der Waals surface area contributed by atoms with Crippen LogP contribution in [0.5, 0.6) is 5.75 Å². The Morgan fingerprint density at radius 3 is 1.58 bits per heavy atom. The molecular formula is C90H120N20O21S. The quantitative estimate of drug-likeness (QED) is 0.0375. The average Bonchev–Trinajstić information content (AvgIpc) is 1.53. The summed E-state index contributed by atoms with van der Waals surface area (Å²) >= 11 is 0.790. The summed E-state index contributed by atoms with van der Waals surface area (Å²) in [6.45, 7) is 3.81. The lowest BCUT2D eigenvalue weighted by Gasteiger charge is -2.36. The predicted octanol–water partition coefficient (Wildman–Crippen LogP) is -0.134. The van der Waals surface area contributed by atoms with Crippen LogP contribution < -0.4 is 59.3 Å². The summed E-state index contributed by atoms with van der Waals surface area (Å²) in [5, 5.41) is 55.9. The molecule has 4 saturated heterocycles. The normalized spacial score (nSPS) is 24.9. The Kier molecular flexibility index (Phi) is 36.7. The van der Waals surface area contributed by atoms with E-state index in [1.165, 1.54) is 67.6 Å². The second-order valence-corrected chi connectivity index (χ2v) is 35.0. The Morgan fingerprint density at radius 1 is 0.523 bits per heavy atom. The number of carbonyl (C=O) groups excluding carboxylic acids is 16. The zero-order chi connectivity index (χ0) is 95.6. The van der Waals surface area contributed by atoms with E-state index in [2.05, 4.69) is 67.8 Å². The van der Waals surface area contributed by atoms with E-state index in [9.17, 15) is 63.3 Å². The second kappa shape index (κ2) is 48.0. The number of hydrogen-bond donors (Lipinski definition) is 17. The molecule has 4 aliphatic rings. The van der Waals surface area contributed by atoms with Gasteiger partial charge in [-0.3, -0.25) is 86.3 Å². The van der Waals surface area contributed by atoms with Crippen LogP contribution in [0.4, 0.5) is 0 Å². The molecule has 15 amide bonds. The van der Waals surface area contributed by atoms with Gasteiger partial charge in [-0.1, -0.05) is 88.1 Å². The van der Waals surface area contributed by atoms with Crippen LogP contribution in [0.15, 0.2) is 97.7 Å². The summed E-state index contributed by atoms with van der Waals surface area (Å²) in [6, 6.07) is 0.530. The number of carboxylic acid groups (broad SMARTS) is 2. The van der Waals surface area contributed by atoms with Crippen LogP contribution in [0.2, 0.25) is 0 Å². The van der Waals surface area contributed by atoms with Crippen LogP contribution in [0.25, 0.3) is 21.8 Å². The van der Waals surface area contributed by atoms with Crippen LogP contribution in [0.1, 0.15) is 152 Å². The van der Waals surface area contributed by atoms with Crippen molar-refractivity contribution in [3.8, 4) is 5.75 Å². The number of nitrogens with two attached hydrogens (primary N) is 2. The summed E-state index contributed by atoms with van der Waals surface area (Å²) in [7, 11) is 2.78. The molecule has 41 nitrogen and oxygen atoms in total. The second-order valence-electron chi connectivity index (χ2n) is 33.9. The molecule has 7 heterocycles. The number of nitrogens with zero attached hydrogens (tertiary/aromatic N) is 6. The predicted molar refractivity (Wildman–Crippen MR) is 481 cm³/mol. The number of aliphatic carboxylic acids is 2. The van der Waals surface area contributed by atoms with Gasteiger partial charge in [0.25, 0.3) is 0 Å². The van der Waals surface area contributed by atoms with Gasteiger partial charge in [-0.15, -0.1) is 11.8 Å². The fourth-order valence-corrected chi connectivity index (χ4v) is 18.1. The minimum atomic E-state index is -1.89. The number of aromatic hydroxyl groups is 1. The van der Waals surface area contributed by atoms with E-state index in [1.807, 2.05) is 26.0 Å². The SMILES string of the molecule is CCCC[C@H]1C(=O)N(C)[C@@H](CCCC)C(=O)N[C@@H](C)C(=O)N[C@H](C(=O)NCC(N)=O)CSCC(=O)N[C@@H](Cc2ccc(O)cc2)C(=O)N2CCC[C@H]2C(=O)NC(CC(=O)O)C(=O)N2CCC[C@H]2C(=O)N[C@@H](Cc2c[nH]cn2)C(=O)N[C@@H](CCC(=O)O)C(=O)N2CCC[C@H]2C(=O)N[C@@H](Cc2c[nH]c3ccccc23)C(=O)C[C@@H](CCN)C(=O)N[C@@H](Cc2c[nH]c3ccccc23)C(=O)N1C. The summed E-state index contributed by atoms with van der Waals surface area (Å²) in [6.07, 6.45) is 4.37. The van der Waals surface area contributed by atoms with Crippen molar-refractivity contribution < 1.29 is 102 Å². The number of likely N-dealkylation sites (N-methyl/N-ethyl adjacent to an activating group) is 2. The third-order valence-electron chi connectivity index (χ3n) is 24.5. The molecule has 132 heavy (non-hydrogen) atoms. The number of aromatic amines is 3. The molecule has 6 aromatic rings. The lowest BCUT2D eigenvalue weighted by Crippen LogP contribution is -2.60. The molecule has 0 bridgehead atoms. The number of H-pyrrole nitrogens is 3. The number of hydrogen-bond acceptors (Lipinski definition) is 22. The van der Waals surface area contributed by atoms with Crippen LogP contribution >= 0.6 is 11.8 Å². The maximum Gasteiger partial charge on any atom is 0.305 e. The average molecular weight is 1850 g/mol. The number of thioether (sulfide) groups is 1. The topological polar surface area (TPSA) is 605 Å². The molecular weight excluding hydrogens is 1730 g/mol. The number of rotatable bonds is 24. The maximum atomic E-state index is 15.7. The lowest BCUT2D eigenvalue weighted by molar-refractivity contribution is -0.149. The van der Waals surface area contributed by atoms with Crippen molar-refractivity contribution in [1.29, 1.82) is 0 Å². The largest absolute Gasteiger partial charge is 0.508 e. The molecule has 4 aliphatic heterocycles. The first kappa shape index (κ1) is 101. The van der Waals surface area contributed by atoms with Crippen molar-refractivity contribution >= 4 is 140 Å². The van der Waals surface area contributed by atoms with Crippen molar-refractivity contribution in [3.05, 3.63) is 120 Å². The van der Waals surface area contributed by atoms with Gasteiger partial charge in [0.1, 0.15) is 78.3 Å². The van der Waals surface area contributed by atoms with E-state index < -0.39 is 235 Å². The number of ketones is 1. The van der Waals surface area contributed by atoms with E-state index >= 15 is 38.4 Å². The Bertz CT molecular complexity index is 5160. The van der Waals surface area contributed by atoms with Crippen molar-refractivity contribution in [2.75, 3.05) is 58.3 Å². The van der Waals surface area contributed by atoms with Gasteiger partial charge in [0.15, 0.2) is 5.78 Å². The fourth-order valence-electron chi connectivity index (χ4n) is 17.3. The summed E-state index contributed by atoms with van der Waals surface area (Å²) < 4.78 is 0. The zero-order valence-electron chi connectivity index (χ0n) is 74.6. The van der Waals surface area contributed by atoms with Crippen molar-refractivity contribution in [1.82, 2.24) is 92.3 Å². The Balaban J connectivity index is 1.00. The third kappa shape index (κ3) is 27.0. The highest BCUT2D eigenvalue weighted by molar-refractivity contribution is 8.00. The van der Waals surface area contributed by atoms with Gasteiger partial charge in [0.2, 0.25) is 88.6 Å². The number of Topliss-reactive ketones (excluding diaryl/α,β-unsaturated/α-hetero) is 1. The van der Waals surface area contributed by atoms with Gasteiger partial charge >= 0.3 is 11.9 Å². The number of fused-ring (bicyclic) bond motifs is 5. The summed E-state index contributed by atoms with van der Waals surface area (Å²) in [4.78, 5) is 281. The molecule has 10 rings (SSSR count). The van der Waals surface area contributed by atoms with Gasteiger partial charge in [-0.05, 0) is 119 Å². The number of phenols is 1. The van der Waals surface area contributed by atoms with Gasteiger partial charge in [-0.2, -0.15) is 0 Å². The van der Waals surface area contributed by atoms with Crippen LogP contribution in [-0.4, -0.2) is 303 Å². The molecule has 0 radical (unpaired) electrons. The molecule has 14 atom stereocenters. The highest BCUT2D eigenvalue weighted by atomic mass is 32.2. The molecule has 19 N–H and O–H groups in total. The van der Waals surface area contributed by atoms with Crippen molar-refractivity contribution in [2.45, 2.75) is 234 Å². The van der Waals surface area contributed by atoms with E-state index in [4.69, 9.17) is 11.5 Å². The number of phenolic OH excluding ortho intramolecular Hbond substituents is 1. The van der Waals surface area contributed by atoms with Gasteiger partial charge in [0.05, 0.1) is 36.8 Å². The number of imidazole rings is 1. The Labute approximate surface area is 765 Å². The Hall–Kier alpha value is -13.3. The van der Waals surface area contributed by atoms with E-state index in [0.29, 0.717) is 64.2 Å². The van der Waals surface area contributed by atoms with E-state index in [-0.39, 0.29) is 121 Å². The van der Waals surface area contributed by atoms with Crippen molar-refractivity contribution in [3.63, 3.8) is 0 Å². The van der Waals surface area contributed by atoms with Gasteiger partial charge < -0.3 is 114 Å². The monoisotopic (exact) mass is 1850 g/mol. The van der Waals surface area contributed by atoms with Crippen LogP contribution in [-0.2, 0) is 112 Å². The first-order valence-electron chi connectivity index (χ1n) is 44.7. The number of carbonyl (C=O) groups is 18. The molecule has 0 spiro atoms. The van der Waals surface area contributed by atoms with Crippen LogP contribution in [0, 0.1) is 5.92 Å². The van der Waals surface area contributed by atoms with E-state index in [1.54, 1.807) is 48.8 Å². The molecule has 4 fully saturated rings. The molecule has 1 unspecified atom stereocenters. The molecule has 3 aromatic carbocycles. The summed E-state index contributed by atoms with van der Waals surface area (Å²) in [5.74, 6) is -19.3. The molecule has 3 aromatic heterocycles. The molecule has 42 heteroatoms. The smallest absolute Gasteiger partial charge is 0.305 e. The highest BCUT2D eigenvalue weighted by Crippen LogP contribution is 2.30. The summed E-state index contributed by atoms with van der Waals surface area (Å²) in [5.41, 5.74) is 14.8. The number of amides is 15. The van der Waals surface area contributed by atoms with Gasteiger partial charge in [-0.25, -0.2) is 4.98 Å². The minimum Gasteiger partial charge on any atom is -0.508 e. The number of primary amides is 1. The number of unbranched alkanes of at least 4 members (excludes halogenated alkanes) is 2. The highest BCUT2D eigenvalue weighted by Gasteiger charge is 2.47. The lowest BCUT2D eigenvalue weighted by atomic mass is 9.91. The maximum absolute atomic E-state index is 15.7. The van der Waals surface area contributed by atoms with Crippen LogP contribution in [0.3, 0.4) is 0 Å². The third-order valence-corrected chi connectivity index (χ3v) is 25.5. The number of benzene rings is 3. The zero-order valence-corrected chi connectivity index (χ0v) is 75.4. The Morgan fingerprint density at radius 2 is 1.04 bits per heavy atom. The standard InChI is InChI=1S/C90H120N20O21S/c1-6-8-21-68-82(123)98-50(3)78(119)105-67(80(121)96-46-74(92)113)47-132-48-75(114)99-64(37-51-26-28-56(111)29-27-51)88(129)109-35-16-25-71(109)85(126)104-66(42-77(117)118)89(130)110-36-15-24-70(110)84(125)102-63(41-55-45-93-49-97-55)81(122)100-61(30-31-76(115)116)87(128)108-34-14-23-69(108)83(124)101-62(38-53-43-94-59-19-12-10-17-57(53)59)73(112)40-52(32-33-91)79(120)103-65(39-54-44-95-60-20-13-11-18-58(54)60)86(127)107(5)72(22-9-7-2)90(131)106(68)4/h10-13,17-20,26-29,43-45,49-50,52,61-72,94-95,111H,6-9,14-16,21-25,30-42,46-48,91H2,1-5H3,(H2,92,113)(H,93,97)(H,96,121)(H,98,123)(H,99,114)(H,100,122)(H,101,124)(H,102,125)(H,103,120)(H,104,126)(H,105,119)(H,115,116)(H,117,118)/t50-,52+,61-,62-,63-,64-,65-,66?,67-,68-,69-,70-,71-,72-/m0/s1.